The van der Waals surface area contributed by atoms with E-state index in [4.69, 9.17) is 11.6 Å². The number of aryl methyl sites for hydroxylation is 1. The van der Waals surface area contributed by atoms with Crippen LogP contribution < -0.4 is 5.32 Å². The fourth-order valence-corrected chi connectivity index (χ4v) is 4.10. The summed E-state index contributed by atoms with van der Waals surface area (Å²) in [5.41, 5.74) is 2.86. The summed E-state index contributed by atoms with van der Waals surface area (Å²) >= 11 is 7.77. The second-order valence-electron chi connectivity index (χ2n) is 5.56. The van der Waals surface area contributed by atoms with Crippen molar-refractivity contribution >= 4 is 34.7 Å². The Kier molecular flexibility index (Phi) is 3.47. The Morgan fingerprint density at radius 3 is 2.96 bits per heavy atom. The van der Waals surface area contributed by atoms with E-state index in [2.05, 4.69) is 16.5 Å². The number of halogens is 1. The number of nitrogens with one attached hydrogen (secondary N) is 1. The van der Waals surface area contributed by atoms with Crippen molar-refractivity contribution in [2.45, 2.75) is 19.3 Å². The normalized spacial score (nSPS) is 17.0. The van der Waals surface area contributed by atoms with Crippen LogP contribution in [0.1, 0.15) is 28.5 Å². The van der Waals surface area contributed by atoms with E-state index >= 15 is 0 Å². The van der Waals surface area contributed by atoms with Gasteiger partial charge in [0.15, 0.2) is 0 Å². The summed E-state index contributed by atoms with van der Waals surface area (Å²) in [6, 6.07) is 11.6. The Morgan fingerprint density at radius 1 is 1.35 bits per heavy atom. The first kappa shape index (κ1) is 14.5. The van der Waals surface area contributed by atoms with Crippen molar-refractivity contribution in [1.29, 1.82) is 0 Å². The third-order valence-electron chi connectivity index (χ3n) is 4.04. The van der Waals surface area contributed by atoms with Gasteiger partial charge in [0.25, 0.3) is 0 Å². The quantitative estimate of drug-likeness (QED) is 0.751. The van der Waals surface area contributed by atoms with Gasteiger partial charge in [-0.2, -0.15) is 5.10 Å². The Morgan fingerprint density at radius 2 is 2.22 bits per heavy atom. The molecule has 0 radical (unpaired) electrons. The van der Waals surface area contributed by atoms with Crippen molar-refractivity contribution in [3.05, 3.63) is 62.9 Å². The molecular weight excluding hydrogens is 330 g/mol. The van der Waals surface area contributed by atoms with Crippen molar-refractivity contribution in [3.63, 3.8) is 0 Å². The van der Waals surface area contributed by atoms with Crippen molar-refractivity contribution in [2.24, 2.45) is 0 Å². The Balaban J connectivity index is 1.90. The van der Waals surface area contributed by atoms with Crippen molar-refractivity contribution < 1.29 is 4.79 Å². The smallest absolute Gasteiger partial charge is 0.226 e. The highest BCUT2D eigenvalue weighted by Gasteiger charge is 2.33. The van der Waals surface area contributed by atoms with Crippen molar-refractivity contribution in [2.75, 3.05) is 5.32 Å². The maximum atomic E-state index is 12.2. The molecule has 1 atom stereocenters. The zero-order valence-electron chi connectivity index (χ0n) is 12.4. The molecule has 0 unspecified atom stereocenters. The predicted octanol–water partition coefficient (Wildman–Crippen LogP) is 4.37. The third kappa shape index (κ3) is 2.46. The molecule has 1 aromatic carbocycles. The van der Waals surface area contributed by atoms with E-state index in [1.165, 1.54) is 4.88 Å². The standard InChI is InChI=1S/C17H14ClN3OS/c1-10-16-13(14-6-3-7-23-14)9-15(22)19-17(16)21(20-10)12-5-2-4-11(18)8-12/h2-8,13H,9H2,1H3,(H,19,22)/t13-/m0/s1. The molecule has 0 saturated carbocycles. The summed E-state index contributed by atoms with van der Waals surface area (Å²) in [4.78, 5) is 13.4. The van der Waals surface area contributed by atoms with Gasteiger partial charge in [-0.1, -0.05) is 23.7 Å². The third-order valence-corrected chi connectivity index (χ3v) is 5.26. The van der Waals surface area contributed by atoms with Gasteiger partial charge in [0.05, 0.1) is 11.4 Å². The van der Waals surface area contributed by atoms with E-state index in [0.29, 0.717) is 11.4 Å². The number of fused-ring (bicyclic) bond motifs is 1. The summed E-state index contributed by atoms with van der Waals surface area (Å²) in [6.07, 6.45) is 0.454. The van der Waals surface area contributed by atoms with Crippen molar-refractivity contribution in [3.8, 4) is 5.69 Å². The highest BCUT2D eigenvalue weighted by atomic mass is 35.5. The van der Waals surface area contributed by atoms with Crippen LogP contribution in [0.5, 0.6) is 0 Å². The highest BCUT2D eigenvalue weighted by Crippen LogP contribution is 2.41. The van der Waals surface area contributed by atoms with Gasteiger partial charge in [0.1, 0.15) is 5.82 Å². The fraction of sp³-hybridized carbons (Fsp3) is 0.176. The van der Waals surface area contributed by atoms with Gasteiger partial charge in [0.2, 0.25) is 5.91 Å². The minimum atomic E-state index is 0.0130. The predicted molar refractivity (Wildman–Crippen MR) is 92.7 cm³/mol. The molecule has 6 heteroatoms. The molecule has 116 valence electrons. The molecule has 1 amide bonds. The molecule has 3 heterocycles. The maximum Gasteiger partial charge on any atom is 0.226 e. The first-order valence-electron chi connectivity index (χ1n) is 7.32. The lowest BCUT2D eigenvalue weighted by atomic mass is 9.91. The number of rotatable bonds is 2. The molecule has 4 rings (SSSR count). The Bertz CT molecular complexity index is 885. The van der Waals surface area contributed by atoms with Crippen LogP contribution in [0.3, 0.4) is 0 Å². The molecule has 1 aliphatic heterocycles. The molecule has 1 N–H and O–H groups in total. The largest absolute Gasteiger partial charge is 0.310 e. The summed E-state index contributed by atoms with van der Waals surface area (Å²) < 4.78 is 1.77. The SMILES string of the molecule is Cc1nn(-c2cccc(Cl)c2)c2c1[C@H](c1cccs1)CC(=O)N2. The molecule has 0 spiro atoms. The molecule has 23 heavy (non-hydrogen) atoms. The first-order valence-corrected chi connectivity index (χ1v) is 8.58. The maximum absolute atomic E-state index is 12.2. The number of hydrogen-bond donors (Lipinski definition) is 1. The fourth-order valence-electron chi connectivity index (χ4n) is 3.07. The molecule has 4 nitrogen and oxygen atoms in total. The van der Waals surface area contributed by atoms with E-state index in [-0.39, 0.29) is 11.8 Å². The van der Waals surface area contributed by atoms with Crippen LogP contribution in [-0.4, -0.2) is 15.7 Å². The Labute approximate surface area is 142 Å². The van der Waals surface area contributed by atoms with E-state index in [9.17, 15) is 4.79 Å². The van der Waals surface area contributed by atoms with Crippen LogP contribution >= 0.6 is 22.9 Å². The van der Waals surface area contributed by atoms with Crippen LogP contribution in [0.15, 0.2) is 41.8 Å². The lowest BCUT2D eigenvalue weighted by molar-refractivity contribution is -0.116. The van der Waals surface area contributed by atoms with E-state index in [1.807, 2.05) is 42.6 Å². The number of carbonyl (C=O) groups excluding carboxylic acids is 1. The number of anilines is 1. The van der Waals surface area contributed by atoms with Crippen LogP contribution in [-0.2, 0) is 4.79 Å². The van der Waals surface area contributed by atoms with Gasteiger partial charge in [-0.15, -0.1) is 11.3 Å². The summed E-state index contributed by atoms with van der Waals surface area (Å²) in [5.74, 6) is 0.824. The lowest BCUT2D eigenvalue weighted by Crippen LogP contribution is -2.24. The van der Waals surface area contributed by atoms with Gasteiger partial charge in [-0.25, -0.2) is 4.68 Å². The minimum Gasteiger partial charge on any atom is -0.310 e. The summed E-state index contributed by atoms with van der Waals surface area (Å²) in [5, 5.41) is 10.3. The average molecular weight is 344 g/mol. The van der Waals surface area contributed by atoms with Gasteiger partial charge in [0, 0.05) is 27.8 Å². The van der Waals surface area contributed by atoms with Gasteiger partial charge in [-0.3, -0.25) is 4.79 Å². The number of aromatic nitrogens is 2. The van der Waals surface area contributed by atoms with Gasteiger partial charge in [-0.05, 0) is 36.6 Å². The van der Waals surface area contributed by atoms with Gasteiger partial charge < -0.3 is 5.32 Å². The zero-order valence-corrected chi connectivity index (χ0v) is 14.0. The number of hydrogen-bond acceptors (Lipinski definition) is 3. The minimum absolute atomic E-state index is 0.0130. The van der Waals surface area contributed by atoms with Crippen LogP contribution in [0, 0.1) is 6.92 Å². The topological polar surface area (TPSA) is 46.9 Å². The number of amides is 1. The summed E-state index contributed by atoms with van der Waals surface area (Å²) in [6.45, 7) is 1.98. The number of benzene rings is 1. The summed E-state index contributed by atoms with van der Waals surface area (Å²) in [7, 11) is 0. The number of thiophene rings is 1. The molecule has 1 aliphatic rings. The molecule has 2 aromatic heterocycles. The van der Waals surface area contributed by atoms with Crippen molar-refractivity contribution in [1.82, 2.24) is 9.78 Å². The van der Waals surface area contributed by atoms with E-state index in [1.54, 1.807) is 16.0 Å². The number of nitrogens with zero attached hydrogens (tertiary/aromatic N) is 2. The molecule has 0 bridgehead atoms. The second kappa shape index (κ2) is 5.51. The molecule has 0 fully saturated rings. The van der Waals surface area contributed by atoms with Crippen LogP contribution in [0.4, 0.5) is 5.82 Å². The molecule has 0 saturated heterocycles. The van der Waals surface area contributed by atoms with E-state index in [0.717, 1.165) is 22.8 Å². The monoisotopic (exact) mass is 343 g/mol. The van der Waals surface area contributed by atoms with E-state index < -0.39 is 0 Å². The first-order chi connectivity index (χ1) is 11.1. The van der Waals surface area contributed by atoms with Crippen LogP contribution in [0.2, 0.25) is 5.02 Å². The molecule has 3 aromatic rings. The Hall–Kier alpha value is -2.11. The zero-order chi connectivity index (χ0) is 16.0. The molecule has 0 aliphatic carbocycles. The average Bonchev–Trinajstić information content (AvgIpc) is 3.15. The lowest BCUT2D eigenvalue weighted by Gasteiger charge is -2.23. The van der Waals surface area contributed by atoms with Gasteiger partial charge >= 0.3 is 0 Å². The van der Waals surface area contributed by atoms with Crippen LogP contribution in [0.25, 0.3) is 5.69 Å². The molecular formula is C17H14ClN3OS. The number of carbonyl (C=O) groups is 1. The second-order valence-corrected chi connectivity index (χ2v) is 6.98. The highest BCUT2D eigenvalue weighted by molar-refractivity contribution is 7.10.